The molecule has 1 aromatic heterocycles. The predicted molar refractivity (Wildman–Crippen MR) is 90.6 cm³/mol. The maximum Gasteiger partial charge on any atom is 0.271 e. The Hall–Kier alpha value is -2.40. The summed E-state index contributed by atoms with van der Waals surface area (Å²) in [7, 11) is 4.09. The van der Waals surface area contributed by atoms with Crippen LogP contribution in [0.1, 0.15) is 30.0 Å². The minimum Gasteiger partial charge on any atom is -0.305 e. The second-order valence-corrected chi connectivity index (χ2v) is 6.56. The molecular formula is C18H20N4O. The average molecular weight is 308 g/mol. The number of H-pyrrole nitrogens is 2. The van der Waals surface area contributed by atoms with Crippen molar-refractivity contribution in [1.82, 2.24) is 15.1 Å². The van der Waals surface area contributed by atoms with Gasteiger partial charge in [0.25, 0.3) is 5.56 Å². The van der Waals surface area contributed by atoms with Gasteiger partial charge in [0.05, 0.1) is 16.6 Å². The Morgan fingerprint density at radius 3 is 2.78 bits per heavy atom. The molecule has 1 saturated carbocycles. The van der Waals surface area contributed by atoms with Gasteiger partial charge in [-0.05, 0) is 39.1 Å². The lowest BCUT2D eigenvalue weighted by molar-refractivity contribution is 0.462. The fraction of sp³-hybridized carbons (Fsp3) is 0.333. The van der Waals surface area contributed by atoms with Crippen LogP contribution in [-0.4, -0.2) is 35.7 Å². The van der Waals surface area contributed by atoms with E-state index in [9.17, 15) is 4.79 Å². The molecule has 23 heavy (non-hydrogen) atoms. The van der Waals surface area contributed by atoms with E-state index in [4.69, 9.17) is 4.99 Å². The second kappa shape index (κ2) is 5.35. The smallest absolute Gasteiger partial charge is 0.271 e. The number of hydrogen-bond donors (Lipinski definition) is 2. The molecule has 1 aromatic carbocycles. The van der Waals surface area contributed by atoms with Crippen LogP contribution in [0.3, 0.4) is 0 Å². The Balaban J connectivity index is 1.87. The highest BCUT2D eigenvalue weighted by Crippen LogP contribution is 2.40. The number of hydrogen-bond acceptors (Lipinski definition) is 3. The zero-order valence-corrected chi connectivity index (χ0v) is 13.4. The molecule has 4 rings (SSSR count). The van der Waals surface area contributed by atoms with E-state index in [2.05, 4.69) is 21.2 Å². The van der Waals surface area contributed by atoms with Crippen molar-refractivity contribution in [3.05, 3.63) is 62.1 Å². The number of nitrogens with one attached hydrogen (secondary N) is 2. The zero-order valence-electron chi connectivity index (χ0n) is 13.4. The predicted octanol–water partition coefficient (Wildman–Crippen LogP) is 0.967. The fourth-order valence-corrected chi connectivity index (χ4v) is 3.12. The zero-order chi connectivity index (χ0) is 16.0. The summed E-state index contributed by atoms with van der Waals surface area (Å²) in [4.78, 5) is 19.1. The van der Waals surface area contributed by atoms with Gasteiger partial charge >= 0.3 is 0 Å². The first kappa shape index (κ1) is 14.2. The molecule has 118 valence electrons. The second-order valence-electron chi connectivity index (χ2n) is 6.56. The minimum absolute atomic E-state index is 0.0604. The molecule has 2 aromatic rings. The average Bonchev–Trinajstić information content (AvgIpc) is 3.23. The number of benzene rings is 1. The van der Waals surface area contributed by atoms with E-state index >= 15 is 0 Å². The summed E-state index contributed by atoms with van der Waals surface area (Å²) in [5.41, 5.74) is 3.77. The molecule has 0 bridgehead atoms. The summed E-state index contributed by atoms with van der Waals surface area (Å²) in [5.74, 6) is 0.488. The van der Waals surface area contributed by atoms with Gasteiger partial charge in [0.2, 0.25) is 0 Å². The Bertz CT molecular complexity index is 957. The van der Waals surface area contributed by atoms with E-state index in [1.165, 1.54) is 5.57 Å². The molecule has 2 heterocycles. The molecule has 2 N–H and O–H groups in total. The van der Waals surface area contributed by atoms with Crippen molar-refractivity contribution in [2.24, 2.45) is 4.99 Å². The SMILES string of the molecule is CN(C)CC1=c2ccccc2=NC1=Cc1c(C2CC2)[nH][nH]c1=O. The molecule has 5 heteroatoms. The topological polar surface area (TPSA) is 64.2 Å². The molecule has 0 amide bonds. The molecule has 1 fully saturated rings. The van der Waals surface area contributed by atoms with Crippen molar-refractivity contribution in [3.63, 3.8) is 0 Å². The first-order chi connectivity index (χ1) is 11.1. The van der Waals surface area contributed by atoms with Gasteiger partial charge in [-0.1, -0.05) is 18.2 Å². The Morgan fingerprint density at radius 2 is 2.04 bits per heavy atom. The van der Waals surface area contributed by atoms with Crippen LogP contribution < -0.4 is 16.1 Å². The van der Waals surface area contributed by atoms with Crippen LogP contribution in [0.4, 0.5) is 0 Å². The van der Waals surface area contributed by atoms with Gasteiger partial charge in [-0.25, -0.2) is 4.99 Å². The number of nitrogens with zero attached hydrogens (tertiary/aromatic N) is 2. The molecule has 0 spiro atoms. The van der Waals surface area contributed by atoms with Crippen molar-refractivity contribution in [3.8, 4) is 0 Å². The maximum absolute atomic E-state index is 12.2. The van der Waals surface area contributed by atoms with Crippen LogP contribution in [0.15, 0.2) is 39.7 Å². The Morgan fingerprint density at radius 1 is 1.26 bits per heavy atom. The van der Waals surface area contributed by atoms with Crippen molar-refractivity contribution in [2.45, 2.75) is 18.8 Å². The van der Waals surface area contributed by atoms with Crippen molar-refractivity contribution in [2.75, 3.05) is 20.6 Å². The largest absolute Gasteiger partial charge is 0.305 e. The summed E-state index contributed by atoms with van der Waals surface area (Å²) in [6.07, 6.45) is 4.24. The van der Waals surface area contributed by atoms with E-state index in [0.717, 1.165) is 46.9 Å². The highest BCUT2D eigenvalue weighted by atomic mass is 16.1. The number of para-hydroxylation sites is 1. The van der Waals surface area contributed by atoms with E-state index in [1.54, 1.807) is 0 Å². The van der Waals surface area contributed by atoms with Crippen LogP contribution in [0.25, 0.3) is 11.6 Å². The molecule has 0 unspecified atom stereocenters. The first-order valence-electron chi connectivity index (χ1n) is 7.98. The van der Waals surface area contributed by atoms with E-state index < -0.39 is 0 Å². The Kier molecular flexibility index (Phi) is 3.31. The molecule has 1 aliphatic heterocycles. The molecule has 0 radical (unpaired) electrons. The van der Waals surface area contributed by atoms with Crippen molar-refractivity contribution < 1.29 is 0 Å². The summed E-state index contributed by atoms with van der Waals surface area (Å²) < 4.78 is 0. The summed E-state index contributed by atoms with van der Waals surface area (Å²) in [5, 5.41) is 7.91. The monoisotopic (exact) mass is 308 g/mol. The lowest BCUT2D eigenvalue weighted by Crippen LogP contribution is -2.26. The highest BCUT2D eigenvalue weighted by molar-refractivity contribution is 5.76. The maximum atomic E-state index is 12.2. The minimum atomic E-state index is -0.0604. The fourth-order valence-electron chi connectivity index (χ4n) is 3.12. The van der Waals surface area contributed by atoms with Gasteiger partial charge in [0, 0.05) is 28.9 Å². The Labute approximate surface area is 134 Å². The standard InChI is InChI=1S/C18H20N4O/c1-22(2)10-14-12-5-3-4-6-15(12)19-16(14)9-13-17(11-7-8-11)20-21-18(13)23/h3-6,9,11H,7-8,10H2,1-2H3,(H2,20,21,23). The molecule has 0 saturated heterocycles. The lowest BCUT2D eigenvalue weighted by atomic mass is 10.1. The van der Waals surface area contributed by atoms with Crippen molar-refractivity contribution >= 4 is 11.6 Å². The summed E-state index contributed by atoms with van der Waals surface area (Å²) in [6, 6.07) is 8.15. The molecule has 2 aliphatic rings. The molecular weight excluding hydrogens is 288 g/mol. The molecule has 1 aliphatic carbocycles. The first-order valence-corrected chi connectivity index (χ1v) is 7.98. The normalized spacial score (nSPS) is 18.6. The number of aromatic amines is 2. The van der Waals surface area contributed by atoms with Gasteiger partial charge in [0.1, 0.15) is 0 Å². The van der Waals surface area contributed by atoms with Gasteiger partial charge in [-0.2, -0.15) is 0 Å². The third-order valence-electron chi connectivity index (χ3n) is 4.37. The quantitative estimate of drug-likeness (QED) is 0.884. The molecule has 5 nitrogen and oxygen atoms in total. The highest BCUT2D eigenvalue weighted by Gasteiger charge is 2.29. The third-order valence-corrected chi connectivity index (χ3v) is 4.37. The third kappa shape index (κ3) is 2.57. The van der Waals surface area contributed by atoms with Crippen LogP contribution in [0.5, 0.6) is 0 Å². The van der Waals surface area contributed by atoms with E-state index in [-0.39, 0.29) is 5.56 Å². The van der Waals surface area contributed by atoms with Crippen molar-refractivity contribution in [1.29, 1.82) is 0 Å². The number of fused-ring (bicyclic) bond motifs is 1. The van der Waals surface area contributed by atoms with Crippen LogP contribution >= 0.6 is 0 Å². The van der Waals surface area contributed by atoms with Crippen LogP contribution in [-0.2, 0) is 0 Å². The van der Waals surface area contributed by atoms with E-state index in [1.807, 2.05) is 38.4 Å². The van der Waals surface area contributed by atoms with Gasteiger partial charge in [0.15, 0.2) is 0 Å². The summed E-state index contributed by atoms with van der Waals surface area (Å²) in [6.45, 7) is 0.799. The van der Waals surface area contributed by atoms with Crippen LogP contribution in [0.2, 0.25) is 0 Å². The summed E-state index contributed by atoms with van der Waals surface area (Å²) >= 11 is 0. The van der Waals surface area contributed by atoms with Gasteiger partial charge in [-0.15, -0.1) is 0 Å². The number of aromatic nitrogens is 2. The molecule has 0 atom stereocenters. The lowest BCUT2D eigenvalue weighted by Gasteiger charge is -2.11. The van der Waals surface area contributed by atoms with Gasteiger partial charge in [-0.3, -0.25) is 9.89 Å². The van der Waals surface area contributed by atoms with Crippen LogP contribution in [0, 0.1) is 0 Å². The number of rotatable bonds is 4. The van der Waals surface area contributed by atoms with E-state index in [0.29, 0.717) is 5.92 Å². The van der Waals surface area contributed by atoms with Gasteiger partial charge < -0.3 is 10.00 Å².